The van der Waals surface area contributed by atoms with E-state index in [1.165, 1.54) is 32.8 Å². The Morgan fingerprint density at radius 1 is 1.39 bits per heavy atom. The average molecular weight is 267 g/mol. The van der Waals surface area contributed by atoms with E-state index in [1.54, 1.807) is 11.3 Å². The second-order valence-electron chi connectivity index (χ2n) is 4.87. The molecule has 100 valence electrons. The first-order valence-electron chi connectivity index (χ1n) is 6.67. The van der Waals surface area contributed by atoms with Crippen LogP contribution in [0.15, 0.2) is 16.8 Å². The minimum atomic E-state index is -0.302. The zero-order valence-corrected chi connectivity index (χ0v) is 11.7. The van der Waals surface area contributed by atoms with Gasteiger partial charge in [-0.3, -0.25) is 5.32 Å². The van der Waals surface area contributed by atoms with Crippen molar-refractivity contribution in [3.63, 3.8) is 0 Å². The predicted molar refractivity (Wildman–Crippen MR) is 73.7 cm³/mol. The summed E-state index contributed by atoms with van der Waals surface area (Å²) >= 11 is 1.61. The van der Waals surface area contributed by atoms with Crippen molar-refractivity contribution >= 4 is 17.3 Å². The van der Waals surface area contributed by atoms with Gasteiger partial charge >= 0.3 is 5.97 Å². The number of methoxy groups -OCH3 is 1. The zero-order valence-electron chi connectivity index (χ0n) is 10.9. The number of hydrogen-bond donors (Lipinski definition) is 1. The molecule has 0 amide bonds. The normalized spacial score (nSPS) is 19.2. The molecule has 0 bridgehead atoms. The van der Waals surface area contributed by atoms with Crippen molar-refractivity contribution in [3.8, 4) is 0 Å². The lowest BCUT2D eigenvalue weighted by molar-refractivity contribution is -0.143. The van der Waals surface area contributed by atoms with Crippen LogP contribution in [-0.4, -0.2) is 19.1 Å². The summed E-state index contributed by atoms with van der Waals surface area (Å²) in [7, 11) is 1.45. The molecule has 0 spiro atoms. The van der Waals surface area contributed by atoms with Crippen LogP contribution in [0.3, 0.4) is 0 Å². The number of carbonyl (C=O) groups excluding carboxylic acids is 1. The summed E-state index contributed by atoms with van der Waals surface area (Å²) in [4.78, 5) is 11.9. The van der Waals surface area contributed by atoms with Crippen molar-refractivity contribution in [2.24, 2.45) is 0 Å². The molecular formula is C14H21NO2S. The molecule has 1 aliphatic rings. The van der Waals surface area contributed by atoms with Gasteiger partial charge in [-0.05, 0) is 35.2 Å². The molecule has 2 rings (SSSR count). The third-order valence-corrected chi connectivity index (χ3v) is 4.27. The standard InChI is InChI=1S/C14H21NO2S/c1-17-14(16)13(11-8-9-18-10-11)15-12-6-4-2-3-5-7-12/h8-10,12-13,15H,2-7H2,1H3. The first kappa shape index (κ1) is 13.6. The second kappa shape index (κ2) is 6.90. The summed E-state index contributed by atoms with van der Waals surface area (Å²) in [5, 5.41) is 7.50. The van der Waals surface area contributed by atoms with Crippen LogP contribution in [0.2, 0.25) is 0 Å². The third kappa shape index (κ3) is 3.56. The van der Waals surface area contributed by atoms with Crippen molar-refractivity contribution in [1.29, 1.82) is 0 Å². The molecule has 1 saturated carbocycles. The Hall–Kier alpha value is -0.870. The van der Waals surface area contributed by atoms with Crippen LogP contribution in [-0.2, 0) is 9.53 Å². The van der Waals surface area contributed by atoms with E-state index >= 15 is 0 Å². The van der Waals surface area contributed by atoms with E-state index in [2.05, 4.69) is 5.32 Å². The van der Waals surface area contributed by atoms with Crippen LogP contribution in [0, 0.1) is 0 Å². The molecule has 1 aromatic rings. The van der Waals surface area contributed by atoms with Crippen LogP contribution in [0.4, 0.5) is 0 Å². The minimum Gasteiger partial charge on any atom is -0.468 e. The lowest BCUT2D eigenvalue weighted by Gasteiger charge is -2.22. The van der Waals surface area contributed by atoms with Gasteiger partial charge in [0, 0.05) is 6.04 Å². The van der Waals surface area contributed by atoms with Gasteiger partial charge in [-0.2, -0.15) is 11.3 Å². The van der Waals surface area contributed by atoms with Crippen molar-refractivity contribution in [1.82, 2.24) is 5.32 Å². The molecule has 0 radical (unpaired) electrons. The molecule has 1 atom stereocenters. The summed E-state index contributed by atoms with van der Waals surface area (Å²) in [6.07, 6.45) is 7.48. The second-order valence-corrected chi connectivity index (χ2v) is 5.65. The fraction of sp³-hybridized carbons (Fsp3) is 0.643. The van der Waals surface area contributed by atoms with E-state index in [1.807, 2.05) is 16.8 Å². The highest BCUT2D eigenvalue weighted by Gasteiger charge is 2.25. The lowest BCUT2D eigenvalue weighted by Crippen LogP contribution is -2.37. The Bertz CT molecular complexity index is 356. The Kier molecular flexibility index (Phi) is 5.20. The smallest absolute Gasteiger partial charge is 0.327 e. The Balaban J connectivity index is 2.02. The van der Waals surface area contributed by atoms with E-state index in [0.29, 0.717) is 6.04 Å². The van der Waals surface area contributed by atoms with Gasteiger partial charge in [-0.25, -0.2) is 4.79 Å². The van der Waals surface area contributed by atoms with E-state index in [-0.39, 0.29) is 12.0 Å². The molecule has 4 heteroatoms. The van der Waals surface area contributed by atoms with Crippen LogP contribution in [0.5, 0.6) is 0 Å². The third-order valence-electron chi connectivity index (χ3n) is 3.57. The highest BCUT2D eigenvalue weighted by molar-refractivity contribution is 7.08. The summed E-state index contributed by atoms with van der Waals surface area (Å²) < 4.78 is 4.91. The molecule has 3 nitrogen and oxygen atoms in total. The van der Waals surface area contributed by atoms with Crippen molar-refractivity contribution in [2.75, 3.05) is 7.11 Å². The molecule has 0 aromatic carbocycles. The monoisotopic (exact) mass is 267 g/mol. The molecule has 1 fully saturated rings. The number of esters is 1. The van der Waals surface area contributed by atoms with E-state index in [4.69, 9.17) is 4.74 Å². The molecular weight excluding hydrogens is 246 g/mol. The summed E-state index contributed by atoms with van der Waals surface area (Å²) in [6, 6.07) is 2.14. The molecule has 1 aromatic heterocycles. The Morgan fingerprint density at radius 2 is 2.11 bits per heavy atom. The largest absolute Gasteiger partial charge is 0.468 e. The minimum absolute atomic E-state index is 0.183. The number of hydrogen-bond acceptors (Lipinski definition) is 4. The topological polar surface area (TPSA) is 38.3 Å². The molecule has 1 aliphatic carbocycles. The molecule has 18 heavy (non-hydrogen) atoms. The maximum Gasteiger partial charge on any atom is 0.327 e. The van der Waals surface area contributed by atoms with Crippen LogP contribution >= 0.6 is 11.3 Å². The van der Waals surface area contributed by atoms with Gasteiger partial charge in [0.05, 0.1) is 7.11 Å². The first-order chi connectivity index (χ1) is 8.81. The number of ether oxygens (including phenoxy) is 1. The fourth-order valence-electron chi connectivity index (χ4n) is 2.54. The number of carbonyl (C=O) groups is 1. The number of nitrogens with one attached hydrogen (secondary N) is 1. The highest BCUT2D eigenvalue weighted by atomic mass is 32.1. The zero-order chi connectivity index (χ0) is 12.8. The van der Waals surface area contributed by atoms with E-state index in [9.17, 15) is 4.79 Å². The number of thiophene rings is 1. The summed E-state index contributed by atoms with van der Waals surface area (Å²) in [6.45, 7) is 0. The van der Waals surface area contributed by atoms with Crippen molar-refractivity contribution < 1.29 is 9.53 Å². The average Bonchev–Trinajstić information content (AvgIpc) is 2.79. The molecule has 0 aliphatic heterocycles. The summed E-state index contributed by atoms with van der Waals surface area (Å²) in [5.41, 5.74) is 1.02. The van der Waals surface area contributed by atoms with Gasteiger partial charge in [0.15, 0.2) is 0 Å². The van der Waals surface area contributed by atoms with Gasteiger partial charge in [-0.1, -0.05) is 25.7 Å². The van der Waals surface area contributed by atoms with Crippen LogP contribution in [0.25, 0.3) is 0 Å². The first-order valence-corrected chi connectivity index (χ1v) is 7.61. The molecule has 0 saturated heterocycles. The maximum atomic E-state index is 11.9. The Labute approximate surface area is 113 Å². The highest BCUT2D eigenvalue weighted by Crippen LogP contribution is 2.23. The SMILES string of the molecule is COC(=O)C(NC1CCCCCC1)c1ccsc1. The van der Waals surface area contributed by atoms with Gasteiger partial charge in [-0.15, -0.1) is 0 Å². The van der Waals surface area contributed by atoms with Gasteiger partial charge in [0.1, 0.15) is 6.04 Å². The van der Waals surface area contributed by atoms with Crippen molar-refractivity contribution in [3.05, 3.63) is 22.4 Å². The van der Waals surface area contributed by atoms with Gasteiger partial charge < -0.3 is 4.74 Å². The molecule has 1 heterocycles. The maximum absolute atomic E-state index is 11.9. The lowest BCUT2D eigenvalue weighted by atomic mass is 10.1. The van der Waals surface area contributed by atoms with E-state index in [0.717, 1.165) is 18.4 Å². The van der Waals surface area contributed by atoms with E-state index < -0.39 is 0 Å². The summed E-state index contributed by atoms with van der Waals surface area (Å²) in [5.74, 6) is -0.183. The Morgan fingerprint density at radius 3 is 2.67 bits per heavy atom. The molecule has 1 N–H and O–H groups in total. The molecule has 1 unspecified atom stereocenters. The van der Waals surface area contributed by atoms with Crippen molar-refractivity contribution in [2.45, 2.75) is 50.6 Å². The van der Waals surface area contributed by atoms with Gasteiger partial charge in [0.25, 0.3) is 0 Å². The fourth-order valence-corrected chi connectivity index (χ4v) is 3.23. The number of rotatable bonds is 4. The predicted octanol–water partition coefficient (Wildman–Crippen LogP) is 3.27. The van der Waals surface area contributed by atoms with Gasteiger partial charge in [0.2, 0.25) is 0 Å². The quantitative estimate of drug-likeness (QED) is 0.672. The van der Waals surface area contributed by atoms with Crippen LogP contribution in [0.1, 0.15) is 50.1 Å². The van der Waals surface area contributed by atoms with Crippen LogP contribution < -0.4 is 5.32 Å².